The zero-order chi connectivity index (χ0) is 10.4. The van der Waals surface area contributed by atoms with E-state index in [1.165, 1.54) is 4.88 Å². The largest absolute Gasteiger partial charge is 0.395 e. The minimum absolute atomic E-state index is 0.194. The Morgan fingerprint density at radius 1 is 1.57 bits per heavy atom. The monoisotopic (exact) mass is 213 g/mol. The van der Waals surface area contributed by atoms with E-state index in [0.29, 0.717) is 6.04 Å². The smallest absolute Gasteiger partial charge is 0.0582 e. The summed E-state index contributed by atoms with van der Waals surface area (Å²) in [4.78, 5) is 1.41. The van der Waals surface area contributed by atoms with Gasteiger partial charge in [-0.05, 0) is 31.2 Å². The molecule has 0 aliphatic rings. The van der Waals surface area contributed by atoms with Gasteiger partial charge in [0, 0.05) is 17.0 Å². The quantitative estimate of drug-likeness (QED) is 0.758. The fourth-order valence-electron chi connectivity index (χ4n) is 1.45. The number of rotatable bonds is 6. The fraction of sp³-hybridized carbons (Fsp3) is 0.636. The molecule has 0 saturated heterocycles. The molecule has 0 spiro atoms. The van der Waals surface area contributed by atoms with Gasteiger partial charge in [0.05, 0.1) is 6.61 Å². The highest BCUT2D eigenvalue weighted by atomic mass is 32.1. The molecule has 0 radical (unpaired) electrons. The summed E-state index contributed by atoms with van der Waals surface area (Å²) in [6, 6.07) is 4.93. The minimum Gasteiger partial charge on any atom is -0.395 e. The Kier molecular flexibility index (Phi) is 5.15. The summed E-state index contributed by atoms with van der Waals surface area (Å²) in [5, 5.41) is 14.5. The van der Waals surface area contributed by atoms with Gasteiger partial charge in [-0.3, -0.25) is 0 Å². The third kappa shape index (κ3) is 3.78. The summed E-state index contributed by atoms with van der Waals surface area (Å²) in [6.07, 6.45) is 2.17. The molecule has 2 nitrogen and oxygen atoms in total. The second-order valence-electron chi connectivity index (χ2n) is 3.64. The highest BCUT2D eigenvalue weighted by Crippen LogP contribution is 2.12. The van der Waals surface area contributed by atoms with E-state index >= 15 is 0 Å². The van der Waals surface area contributed by atoms with Crippen LogP contribution in [-0.4, -0.2) is 23.8 Å². The van der Waals surface area contributed by atoms with Crippen molar-refractivity contribution < 1.29 is 5.11 Å². The standard InChI is InChI=1S/C11H19NOS/c1-3-10(12-9(2)8-13)7-11-5-4-6-14-11/h4-6,9-10,12-13H,3,7-8H2,1-2H3/t9-,10?/m1/s1. The highest BCUT2D eigenvalue weighted by Gasteiger charge is 2.10. The molecular weight excluding hydrogens is 194 g/mol. The van der Waals surface area contributed by atoms with Crippen LogP contribution in [-0.2, 0) is 6.42 Å². The van der Waals surface area contributed by atoms with Crippen LogP contribution >= 0.6 is 11.3 Å². The van der Waals surface area contributed by atoms with Crippen molar-refractivity contribution in [2.45, 2.75) is 38.8 Å². The maximum absolute atomic E-state index is 8.95. The Balaban J connectivity index is 2.39. The second-order valence-corrected chi connectivity index (χ2v) is 4.67. The molecule has 1 unspecified atom stereocenters. The van der Waals surface area contributed by atoms with Crippen molar-refractivity contribution in [1.29, 1.82) is 0 Å². The molecule has 3 heteroatoms. The van der Waals surface area contributed by atoms with Crippen molar-refractivity contribution in [1.82, 2.24) is 5.32 Å². The molecule has 0 aliphatic heterocycles. The van der Waals surface area contributed by atoms with E-state index in [0.717, 1.165) is 12.8 Å². The van der Waals surface area contributed by atoms with Crippen molar-refractivity contribution >= 4 is 11.3 Å². The van der Waals surface area contributed by atoms with Crippen molar-refractivity contribution in [3.8, 4) is 0 Å². The van der Waals surface area contributed by atoms with Crippen LogP contribution in [0.1, 0.15) is 25.1 Å². The first kappa shape index (κ1) is 11.7. The van der Waals surface area contributed by atoms with E-state index in [-0.39, 0.29) is 12.6 Å². The normalized spacial score (nSPS) is 15.4. The first-order chi connectivity index (χ1) is 6.76. The van der Waals surface area contributed by atoms with Crippen molar-refractivity contribution in [2.75, 3.05) is 6.61 Å². The second kappa shape index (κ2) is 6.17. The van der Waals surface area contributed by atoms with Crippen LogP contribution in [0.3, 0.4) is 0 Å². The molecule has 1 heterocycles. The van der Waals surface area contributed by atoms with Gasteiger partial charge in [-0.25, -0.2) is 0 Å². The van der Waals surface area contributed by atoms with E-state index in [2.05, 4.69) is 29.8 Å². The molecule has 2 atom stereocenters. The Bertz CT molecular complexity index is 235. The summed E-state index contributed by atoms with van der Waals surface area (Å²) in [6.45, 7) is 4.40. The van der Waals surface area contributed by atoms with Gasteiger partial charge >= 0.3 is 0 Å². The molecule has 0 bridgehead atoms. The van der Waals surface area contributed by atoms with Crippen LogP contribution in [0.4, 0.5) is 0 Å². The minimum atomic E-state index is 0.194. The lowest BCUT2D eigenvalue weighted by Gasteiger charge is -2.20. The zero-order valence-electron chi connectivity index (χ0n) is 8.86. The summed E-state index contributed by atoms with van der Waals surface area (Å²) < 4.78 is 0. The van der Waals surface area contributed by atoms with Crippen LogP contribution in [0, 0.1) is 0 Å². The number of aliphatic hydroxyl groups excluding tert-OH is 1. The lowest BCUT2D eigenvalue weighted by Crippen LogP contribution is -2.39. The molecule has 2 N–H and O–H groups in total. The number of hydrogen-bond donors (Lipinski definition) is 2. The third-order valence-corrected chi connectivity index (χ3v) is 3.21. The Labute approximate surface area is 90.0 Å². The Hall–Kier alpha value is -0.380. The first-order valence-corrected chi connectivity index (χ1v) is 6.03. The molecule has 0 fully saturated rings. The van der Waals surface area contributed by atoms with E-state index in [1.807, 2.05) is 6.92 Å². The fourth-order valence-corrected chi connectivity index (χ4v) is 2.23. The summed E-state index contributed by atoms with van der Waals surface area (Å²) in [7, 11) is 0. The van der Waals surface area contributed by atoms with Gasteiger partial charge in [-0.2, -0.15) is 0 Å². The molecular formula is C11H19NOS. The Morgan fingerprint density at radius 3 is 2.86 bits per heavy atom. The number of aliphatic hydroxyl groups is 1. The van der Waals surface area contributed by atoms with E-state index in [4.69, 9.17) is 5.11 Å². The summed E-state index contributed by atoms with van der Waals surface area (Å²) >= 11 is 1.80. The van der Waals surface area contributed by atoms with Gasteiger partial charge < -0.3 is 10.4 Å². The van der Waals surface area contributed by atoms with Crippen molar-refractivity contribution in [3.63, 3.8) is 0 Å². The molecule has 0 amide bonds. The Morgan fingerprint density at radius 2 is 2.36 bits per heavy atom. The van der Waals surface area contributed by atoms with Gasteiger partial charge in [0.2, 0.25) is 0 Å². The third-order valence-electron chi connectivity index (χ3n) is 2.31. The molecule has 0 aromatic carbocycles. The first-order valence-electron chi connectivity index (χ1n) is 5.15. The molecule has 14 heavy (non-hydrogen) atoms. The molecule has 1 aromatic rings. The van der Waals surface area contributed by atoms with E-state index in [9.17, 15) is 0 Å². The van der Waals surface area contributed by atoms with Crippen LogP contribution in [0.5, 0.6) is 0 Å². The predicted octanol–water partition coefficient (Wildman–Crippen LogP) is 2.04. The van der Waals surface area contributed by atoms with Crippen LogP contribution < -0.4 is 5.32 Å². The zero-order valence-corrected chi connectivity index (χ0v) is 9.68. The summed E-state index contributed by atoms with van der Waals surface area (Å²) in [5.41, 5.74) is 0. The number of thiophene rings is 1. The molecule has 0 saturated carbocycles. The topological polar surface area (TPSA) is 32.3 Å². The predicted molar refractivity (Wildman–Crippen MR) is 61.8 cm³/mol. The average molecular weight is 213 g/mol. The molecule has 80 valence electrons. The maximum atomic E-state index is 8.95. The van der Waals surface area contributed by atoms with E-state index in [1.54, 1.807) is 11.3 Å². The maximum Gasteiger partial charge on any atom is 0.0582 e. The number of nitrogens with one attached hydrogen (secondary N) is 1. The lowest BCUT2D eigenvalue weighted by atomic mass is 10.1. The van der Waals surface area contributed by atoms with E-state index < -0.39 is 0 Å². The molecule has 1 rings (SSSR count). The lowest BCUT2D eigenvalue weighted by molar-refractivity contribution is 0.239. The highest BCUT2D eigenvalue weighted by molar-refractivity contribution is 7.09. The van der Waals surface area contributed by atoms with Gasteiger partial charge in [0.1, 0.15) is 0 Å². The number of hydrogen-bond acceptors (Lipinski definition) is 3. The van der Waals surface area contributed by atoms with Crippen LogP contribution in [0.2, 0.25) is 0 Å². The van der Waals surface area contributed by atoms with Gasteiger partial charge in [0.25, 0.3) is 0 Å². The SMILES string of the molecule is CCC(Cc1cccs1)N[C@H](C)CO. The molecule has 1 aromatic heterocycles. The van der Waals surface area contributed by atoms with Crippen molar-refractivity contribution in [2.24, 2.45) is 0 Å². The summed E-state index contributed by atoms with van der Waals surface area (Å²) in [5.74, 6) is 0. The van der Waals surface area contributed by atoms with Gasteiger partial charge in [-0.15, -0.1) is 11.3 Å². The van der Waals surface area contributed by atoms with Crippen LogP contribution in [0.15, 0.2) is 17.5 Å². The average Bonchev–Trinajstić information content (AvgIpc) is 2.69. The van der Waals surface area contributed by atoms with Gasteiger partial charge in [-0.1, -0.05) is 13.0 Å². The van der Waals surface area contributed by atoms with Crippen molar-refractivity contribution in [3.05, 3.63) is 22.4 Å². The molecule has 0 aliphatic carbocycles. The van der Waals surface area contributed by atoms with Gasteiger partial charge in [0.15, 0.2) is 0 Å². The van der Waals surface area contributed by atoms with Crippen LogP contribution in [0.25, 0.3) is 0 Å².